The van der Waals surface area contributed by atoms with Crippen molar-refractivity contribution in [2.75, 3.05) is 19.0 Å². The molecule has 1 aromatic heterocycles. The predicted molar refractivity (Wildman–Crippen MR) is 80.8 cm³/mol. The third kappa shape index (κ3) is 4.14. The molecule has 0 saturated carbocycles. The molecular formula is C15H20N4O2. The van der Waals surface area contributed by atoms with E-state index < -0.39 is 6.04 Å². The molecule has 2 aromatic rings. The number of ether oxygens (including phenoxy) is 1. The third-order valence-electron chi connectivity index (χ3n) is 3.14. The number of carbonyl (C=O) groups is 1. The zero-order chi connectivity index (χ0) is 15.2. The highest BCUT2D eigenvalue weighted by atomic mass is 16.5. The molecule has 6 nitrogen and oxygen atoms in total. The van der Waals surface area contributed by atoms with Gasteiger partial charge in [0, 0.05) is 13.3 Å². The molecule has 0 radical (unpaired) electrons. The summed E-state index contributed by atoms with van der Waals surface area (Å²) in [5, 5.41) is 6.90. The van der Waals surface area contributed by atoms with Gasteiger partial charge in [0.2, 0.25) is 5.91 Å². The van der Waals surface area contributed by atoms with E-state index in [1.54, 1.807) is 24.2 Å². The summed E-state index contributed by atoms with van der Waals surface area (Å²) in [5.41, 5.74) is 8.50. The van der Waals surface area contributed by atoms with Crippen molar-refractivity contribution in [2.24, 2.45) is 5.73 Å². The number of hydrogen-bond donors (Lipinski definition) is 2. The topological polar surface area (TPSA) is 82.2 Å². The van der Waals surface area contributed by atoms with Gasteiger partial charge in [-0.1, -0.05) is 29.8 Å². The molecule has 1 unspecified atom stereocenters. The largest absolute Gasteiger partial charge is 0.383 e. The van der Waals surface area contributed by atoms with Crippen LogP contribution in [0.1, 0.15) is 17.2 Å². The molecule has 0 aliphatic carbocycles. The molecule has 0 bridgehead atoms. The maximum Gasteiger partial charge on any atom is 0.245 e. The van der Waals surface area contributed by atoms with Crippen LogP contribution in [0.3, 0.4) is 0 Å². The van der Waals surface area contributed by atoms with Gasteiger partial charge in [-0.25, -0.2) is 0 Å². The van der Waals surface area contributed by atoms with Crippen LogP contribution in [0.4, 0.5) is 5.69 Å². The summed E-state index contributed by atoms with van der Waals surface area (Å²) in [7, 11) is 1.63. The molecule has 3 N–H and O–H groups in total. The van der Waals surface area contributed by atoms with E-state index in [0.29, 0.717) is 18.8 Å². The zero-order valence-electron chi connectivity index (χ0n) is 12.2. The molecule has 0 fully saturated rings. The monoisotopic (exact) mass is 288 g/mol. The van der Waals surface area contributed by atoms with Crippen LogP contribution in [0.5, 0.6) is 0 Å². The average Bonchev–Trinajstić information content (AvgIpc) is 2.92. The molecule has 1 atom stereocenters. The second-order valence-electron chi connectivity index (χ2n) is 4.86. The number of rotatable bonds is 6. The Morgan fingerprint density at radius 1 is 1.43 bits per heavy atom. The third-order valence-corrected chi connectivity index (χ3v) is 3.14. The van der Waals surface area contributed by atoms with Crippen molar-refractivity contribution in [3.63, 3.8) is 0 Å². The average molecular weight is 288 g/mol. The van der Waals surface area contributed by atoms with E-state index >= 15 is 0 Å². The summed E-state index contributed by atoms with van der Waals surface area (Å²) < 4.78 is 6.68. The Morgan fingerprint density at radius 3 is 2.81 bits per heavy atom. The van der Waals surface area contributed by atoms with Crippen molar-refractivity contribution in [3.05, 3.63) is 47.8 Å². The molecule has 1 heterocycles. The van der Waals surface area contributed by atoms with E-state index in [0.717, 1.165) is 11.1 Å². The van der Waals surface area contributed by atoms with Gasteiger partial charge < -0.3 is 15.8 Å². The van der Waals surface area contributed by atoms with E-state index in [1.807, 2.05) is 31.2 Å². The maximum atomic E-state index is 12.1. The number of aryl methyl sites for hydroxylation is 1. The number of hydrogen-bond acceptors (Lipinski definition) is 4. The number of anilines is 1. The number of nitrogens with zero attached hydrogens (tertiary/aromatic N) is 2. The first kappa shape index (κ1) is 15.2. The van der Waals surface area contributed by atoms with Crippen LogP contribution in [-0.4, -0.2) is 29.4 Å². The Labute approximate surface area is 123 Å². The Kier molecular flexibility index (Phi) is 5.08. The van der Waals surface area contributed by atoms with Crippen LogP contribution in [0.25, 0.3) is 0 Å². The van der Waals surface area contributed by atoms with Crippen molar-refractivity contribution in [2.45, 2.75) is 19.5 Å². The summed E-state index contributed by atoms with van der Waals surface area (Å²) in [6, 6.07) is 6.90. The lowest BCUT2D eigenvalue weighted by atomic mass is 10.1. The highest BCUT2D eigenvalue weighted by Crippen LogP contribution is 2.14. The molecule has 0 saturated heterocycles. The normalized spacial score (nSPS) is 12.1. The van der Waals surface area contributed by atoms with Gasteiger partial charge in [-0.05, 0) is 12.5 Å². The van der Waals surface area contributed by atoms with Crippen molar-refractivity contribution in [1.82, 2.24) is 9.78 Å². The van der Waals surface area contributed by atoms with Crippen LogP contribution >= 0.6 is 0 Å². The number of benzene rings is 1. The predicted octanol–water partition coefficient (Wildman–Crippen LogP) is 1.48. The van der Waals surface area contributed by atoms with Crippen molar-refractivity contribution in [1.29, 1.82) is 0 Å². The summed E-state index contributed by atoms with van der Waals surface area (Å²) in [4.78, 5) is 12.1. The smallest absolute Gasteiger partial charge is 0.245 e. The molecule has 1 aromatic carbocycles. The first-order valence-electron chi connectivity index (χ1n) is 6.74. The first-order chi connectivity index (χ1) is 10.1. The lowest BCUT2D eigenvalue weighted by Gasteiger charge is -2.11. The minimum absolute atomic E-state index is 0.259. The second kappa shape index (κ2) is 7.01. The number of amides is 1. The molecule has 0 aliphatic rings. The van der Waals surface area contributed by atoms with Crippen LogP contribution < -0.4 is 11.1 Å². The Balaban J connectivity index is 1.97. The van der Waals surface area contributed by atoms with Gasteiger partial charge in [-0.15, -0.1) is 0 Å². The summed E-state index contributed by atoms with van der Waals surface area (Å²) in [6.45, 7) is 3.19. The van der Waals surface area contributed by atoms with E-state index in [4.69, 9.17) is 10.5 Å². The van der Waals surface area contributed by atoms with Gasteiger partial charge >= 0.3 is 0 Å². The standard InChI is InChI=1S/C15H20N4O2/c1-11-3-5-12(6-4-11)14(16)15(20)18-13-9-17-19(10-13)7-8-21-2/h3-6,9-10,14H,7-8,16H2,1-2H3,(H,18,20). The molecule has 6 heteroatoms. The first-order valence-corrected chi connectivity index (χ1v) is 6.74. The van der Waals surface area contributed by atoms with Gasteiger partial charge in [0.15, 0.2) is 0 Å². The minimum Gasteiger partial charge on any atom is -0.383 e. The fourth-order valence-corrected chi connectivity index (χ4v) is 1.88. The second-order valence-corrected chi connectivity index (χ2v) is 4.86. The van der Waals surface area contributed by atoms with Crippen molar-refractivity contribution >= 4 is 11.6 Å². The molecule has 0 aliphatic heterocycles. The van der Waals surface area contributed by atoms with Crippen LogP contribution in [-0.2, 0) is 16.1 Å². The zero-order valence-corrected chi connectivity index (χ0v) is 12.2. The van der Waals surface area contributed by atoms with Crippen LogP contribution in [0.2, 0.25) is 0 Å². The Hall–Kier alpha value is -2.18. The molecular weight excluding hydrogens is 268 g/mol. The highest BCUT2D eigenvalue weighted by Gasteiger charge is 2.16. The van der Waals surface area contributed by atoms with Crippen molar-refractivity contribution < 1.29 is 9.53 Å². The van der Waals surface area contributed by atoms with Crippen LogP contribution in [0.15, 0.2) is 36.7 Å². The Morgan fingerprint density at radius 2 is 2.14 bits per heavy atom. The van der Waals surface area contributed by atoms with E-state index in [2.05, 4.69) is 10.4 Å². The SMILES string of the molecule is COCCn1cc(NC(=O)C(N)c2ccc(C)cc2)cn1. The fourth-order valence-electron chi connectivity index (χ4n) is 1.88. The van der Waals surface area contributed by atoms with Gasteiger partial charge in [-0.3, -0.25) is 9.48 Å². The quantitative estimate of drug-likeness (QED) is 0.843. The van der Waals surface area contributed by atoms with Gasteiger partial charge in [0.25, 0.3) is 0 Å². The molecule has 2 rings (SSSR count). The summed E-state index contributed by atoms with van der Waals surface area (Å²) in [6.07, 6.45) is 3.34. The summed E-state index contributed by atoms with van der Waals surface area (Å²) >= 11 is 0. The number of methoxy groups -OCH3 is 1. The van der Waals surface area contributed by atoms with E-state index in [1.165, 1.54) is 0 Å². The van der Waals surface area contributed by atoms with Gasteiger partial charge in [0.05, 0.1) is 25.0 Å². The summed E-state index contributed by atoms with van der Waals surface area (Å²) in [5.74, 6) is -0.259. The lowest BCUT2D eigenvalue weighted by Crippen LogP contribution is -2.27. The van der Waals surface area contributed by atoms with Gasteiger partial charge in [-0.2, -0.15) is 5.10 Å². The maximum absolute atomic E-state index is 12.1. The van der Waals surface area contributed by atoms with Crippen molar-refractivity contribution in [3.8, 4) is 0 Å². The molecule has 0 spiro atoms. The molecule has 112 valence electrons. The van der Waals surface area contributed by atoms with E-state index in [-0.39, 0.29) is 5.91 Å². The highest BCUT2D eigenvalue weighted by molar-refractivity contribution is 5.95. The van der Waals surface area contributed by atoms with E-state index in [9.17, 15) is 4.79 Å². The number of carbonyl (C=O) groups excluding carboxylic acids is 1. The molecule has 1 amide bonds. The molecule has 21 heavy (non-hydrogen) atoms. The van der Waals surface area contributed by atoms with Crippen LogP contribution in [0, 0.1) is 6.92 Å². The lowest BCUT2D eigenvalue weighted by molar-refractivity contribution is -0.117. The minimum atomic E-state index is -0.701. The number of nitrogens with one attached hydrogen (secondary N) is 1. The number of nitrogens with two attached hydrogens (primary N) is 1. The van der Waals surface area contributed by atoms with Gasteiger partial charge in [0.1, 0.15) is 6.04 Å². The fraction of sp³-hybridized carbons (Fsp3) is 0.333. The Bertz CT molecular complexity index is 592. The number of aromatic nitrogens is 2.